The van der Waals surface area contributed by atoms with Gasteiger partial charge >= 0.3 is 6.03 Å². The number of benzene rings is 1. The van der Waals surface area contributed by atoms with Gasteiger partial charge in [0.1, 0.15) is 10.5 Å². The predicted molar refractivity (Wildman–Crippen MR) is 120 cm³/mol. The van der Waals surface area contributed by atoms with Crippen LogP contribution in [0, 0.1) is 6.92 Å². The number of fused-ring (bicyclic) bond motifs is 1. The number of aromatic nitrogens is 4. The van der Waals surface area contributed by atoms with E-state index in [9.17, 15) is 9.59 Å². The molecule has 1 aromatic carbocycles. The summed E-state index contributed by atoms with van der Waals surface area (Å²) in [4.78, 5) is 34.5. The smallest absolute Gasteiger partial charge is 0.315 e. The number of amides is 2. The molecule has 1 fully saturated rings. The van der Waals surface area contributed by atoms with E-state index in [1.807, 2.05) is 42.1 Å². The first-order valence-electron chi connectivity index (χ1n) is 10.2. The summed E-state index contributed by atoms with van der Waals surface area (Å²) in [5.41, 5.74) is 8.98. The van der Waals surface area contributed by atoms with E-state index in [4.69, 9.17) is 5.73 Å². The Morgan fingerprint density at radius 2 is 2.13 bits per heavy atom. The number of hydrogen-bond acceptors (Lipinski definition) is 5. The van der Waals surface area contributed by atoms with Crippen LogP contribution in [-0.4, -0.2) is 37.2 Å². The maximum Gasteiger partial charge on any atom is 0.315 e. The maximum atomic E-state index is 12.8. The average Bonchev–Trinajstić information content (AvgIpc) is 3.46. The van der Waals surface area contributed by atoms with Crippen LogP contribution in [0.25, 0.3) is 20.7 Å². The van der Waals surface area contributed by atoms with Gasteiger partial charge in [-0.3, -0.25) is 9.48 Å². The molecule has 31 heavy (non-hydrogen) atoms. The van der Waals surface area contributed by atoms with E-state index in [0.29, 0.717) is 29.1 Å². The predicted octanol–water partition coefficient (Wildman–Crippen LogP) is 3.42. The summed E-state index contributed by atoms with van der Waals surface area (Å²) in [6.45, 7) is 3.23. The van der Waals surface area contributed by atoms with Gasteiger partial charge in [0.15, 0.2) is 0 Å². The first-order chi connectivity index (χ1) is 15.0. The molecule has 1 unspecified atom stereocenters. The molecule has 2 amide bonds. The second kappa shape index (κ2) is 7.66. The zero-order valence-electron chi connectivity index (χ0n) is 17.0. The van der Waals surface area contributed by atoms with Gasteiger partial charge in [0.2, 0.25) is 0 Å². The number of rotatable bonds is 4. The van der Waals surface area contributed by atoms with E-state index >= 15 is 0 Å². The molecule has 1 aliphatic rings. The summed E-state index contributed by atoms with van der Waals surface area (Å²) in [7, 11) is 0. The van der Waals surface area contributed by atoms with Crippen LogP contribution in [0.15, 0.2) is 47.4 Å². The highest BCUT2D eigenvalue weighted by atomic mass is 32.1. The summed E-state index contributed by atoms with van der Waals surface area (Å²) in [6.07, 6.45) is 3.58. The van der Waals surface area contributed by atoms with Crippen molar-refractivity contribution in [3.63, 3.8) is 0 Å². The molecule has 8 nitrogen and oxygen atoms in total. The molecule has 0 spiro atoms. The van der Waals surface area contributed by atoms with E-state index in [2.05, 4.69) is 27.2 Å². The van der Waals surface area contributed by atoms with Crippen LogP contribution in [0.2, 0.25) is 0 Å². The van der Waals surface area contributed by atoms with Gasteiger partial charge in [0.05, 0.1) is 23.8 Å². The van der Waals surface area contributed by atoms with Gasteiger partial charge in [-0.15, -0.1) is 11.3 Å². The molecular weight excluding hydrogens is 412 g/mol. The molecule has 3 aromatic heterocycles. The third-order valence-electron chi connectivity index (χ3n) is 5.65. The van der Waals surface area contributed by atoms with Crippen molar-refractivity contribution in [1.29, 1.82) is 0 Å². The molecule has 4 aromatic rings. The SMILES string of the molecule is Cc1nn(Cc2ccccc2)cc1-c1cc2nc(C3CCCN3C(N)=O)[nH]c(=O)c2s1. The van der Waals surface area contributed by atoms with E-state index in [-0.39, 0.29) is 11.6 Å². The van der Waals surface area contributed by atoms with Crippen molar-refractivity contribution in [3.8, 4) is 10.4 Å². The lowest BCUT2D eigenvalue weighted by Gasteiger charge is -2.21. The molecule has 4 heterocycles. The Hall–Kier alpha value is -3.46. The number of H-pyrrole nitrogens is 1. The summed E-state index contributed by atoms with van der Waals surface area (Å²) in [6, 6.07) is 11.3. The zero-order valence-corrected chi connectivity index (χ0v) is 17.9. The van der Waals surface area contributed by atoms with Crippen LogP contribution in [-0.2, 0) is 6.54 Å². The van der Waals surface area contributed by atoms with E-state index in [0.717, 1.165) is 29.0 Å². The van der Waals surface area contributed by atoms with Crippen molar-refractivity contribution in [1.82, 2.24) is 24.6 Å². The summed E-state index contributed by atoms with van der Waals surface area (Å²) in [5.74, 6) is 0.495. The second-order valence-electron chi connectivity index (χ2n) is 7.78. The molecule has 3 N–H and O–H groups in total. The molecular formula is C22H22N6O2S. The molecule has 158 valence electrons. The van der Waals surface area contributed by atoms with Crippen molar-refractivity contribution in [2.75, 3.05) is 6.54 Å². The van der Waals surface area contributed by atoms with Crippen molar-refractivity contribution in [3.05, 3.63) is 70.0 Å². The van der Waals surface area contributed by atoms with Gasteiger partial charge in [-0.1, -0.05) is 30.3 Å². The lowest BCUT2D eigenvalue weighted by atomic mass is 10.2. The zero-order chi connectivity index (χ0) is 21.5. The monoisotopic (exact) mass is 434 g/mol. The lowest BCUT2D eigenvalue weighted by Crippen LogP contribution is -2.36. The van der Waals surface area contributed by atoms with E-state index < -0.39 is 6.03 Å². The first kappa shape index (κ1) is 19.5. The number of hydrogen-bond donors (Lipinski definition) is 2. The quantitative estimate of drug-likeness (QED) is 0.513. The van der Waals surface area contributed by atoms with Crippen LogP contribution < -0.4 is 11.3 Å². The Balaban J connectivity index is 1.50. The van der Waals surface area contributed by atoms with Gasteiger partial charge in [-0.25, -0.2) is 9.78 Å². The van der Waals surface area contributed by atoms with Gasteiger partial charge < -0.3 is 15.6 Å². The number of aromatic amines is 1. The minimum Gasteiger partial charge on any atom is -0.351 e. The summed E-state index contributed by atoms with van der Waals surface area (Å²) in [5, 5.41) is 4.64. The first-order valence-corrected chi connectivity index (χ1v) is 11.0. The molecule has 0 radical (unpaired) electrons. The topological polar surface area (TPSA) is 110 Å². The Kier molecular flexibility index (Phi) is 4.82. The highest BCUT2D eigenvalue weighted by molar-refractivity contribution is 7.22. The van der Waals surface area contributed by atoms with Crippen molar-refractivity contribution < 1.29 is 4.79 Å². The number of aryl methyl sites for hydroxylation is 1. The van der Waals surface area contributed by atoms with Gasteiger partial charge in [0.25, 0.3) is 5.56 Å². The normalized spacial score (nSPS) is 16.3. The van der Waals surface area contributed by atoms with Crippen LogP contribution in [0.3, 0.4) is 0 Å². The number of primary amides is 1. The fourth-order valence-corrected chi connectivity index (χ4v) is 5.23. The number of carbonyl (C=O) groups is 1. The van der Waals surface area contributed by atoms with E-state index in [1.165, 1.54) is 16.9 Å². The highest BCUT2D eigenvalue weighted by Crippen LogP contribution is 2.34. The Labute approximate surface area is 182 Å². The van der Waals surface area contributed by atoms with E-state index in [1.54, 1.807) is 4.90 Å². The Morgan fingerprint density at radius 1 is 1.32 bits per heavy atom. The lowest BCUT2D eigenvalue weighted by molar-refractivity contribution is 0.201. The van der Waals surface area contributed by atoms with Crippen LogP contribution in [0.1, 0.15) is 36.0 Å². The number of nitrogens with one attached hydrogen (secondary N) is 1. The third kappa shape index (κ3) is 3.61. The fourth-order valence-electron chi connectivity index (χ4n) is 4.17. The molecule has 9 heteroatoms. The summed E-state index contributed by atoms with van der Waals surface area (Å²) < 4.78 is 2.48. The van der Waals surface area contributed by atoms with Crippen LogP contribution >= 0.6 is 11.3 Å². The van der Waals surface area contributed by atoms with Gasteiger partial charge in [0, 0.05) is 23.2 Å². The van der Waals surface area contributed by atoms with Crippen LogP contribution in [0.4, 0.5) is 4.79 Å². The number of nitrogens with zero attached hydrogens (tertiary/aromatic N) is 4. The highest BCUT2D eigenvalue weighted by Gasteiger charge is 2.31. The molecule has 0 aliphatic carbocycles. The van der Waals surface area contributed by atoms with Gasteiger partial charge in [-0.2, -0.15) is 5.10 Å². The molecule has 0 saturated carbocycles. The summed E-state index contributed by atoms with van der Waals surface area (Å²) >= 11 is 1.40. The van der Waals surface area contributed by atoms with Crippen LogP contribution in [0.5, 0.6) is 0 Å². The Bertz CT molecular complexity index is 1320. The second-order valence-corrected chi connectivity index (χ2v) is 8.83. The molecule has 5 rings (SSSR count). The molecule has 1 atom stereocenters. The van der Waals surface area contributed by atoms with Crippen molar-refractivity contribution >= 4 is 27.6 Å². The third-order valence-corrected chi connectivity index (χ3v) is 6.81. The van der Waals surface area contributed by atoms with Crippen molar-refractivity contribution in [2.45, 2.75) is 32.4 Å². The molecule has 1 aliphatic heterocycles. The largest absolute Gasteiger partial charge is 0.351 e. The average molecular weight is 435 g/mol. The standard InChI is InChI=1S/C22H22N6O2S/c1-13-15(12-27(26-13)11-14-6-3-2-4-7-14)18-10-16-19(31-18)21(29)25-20(24-16)17-8-5-9-28(17)22(23)30/h2-4,6-7,10,12,17H,5,8-9,11H2,1H3,(H2,23,30)(H,24,25,29). The number of carbonyl (C=O) groups excluding carboxylic acids is 1. The minimum atomic E-state index is -0.488. The Morgan fingerprint density at radius 3 is 2.90 bits per heavy atom. The maximum absolute atomic E-state index is 12.8. The number of nitrogens with two attached hydrogens (primary N) is 1. The van der Waals surface area contributed by atoms with Gasteiger partial charge in [-0.05, 0) is 31.4 Å². The molecule has 1 saturated heterocycles. The number of thiophene rings is 1. The van der Waals surface area contributed by atoms with Crippen molar-refractivity contribution in [2.24, 2.45) is 5.73 Å². The fraction of sp³-hybridized carbons (Fsp3) is 0.273. The number of urea groups is 1. The minimum absolute atomic E-state index is 0.193. The molecule has 0 bridgehead atoms. The number of likely N-dealkylation sites (tertiary alicyclic amines) is 1.